The molecule has 3 N–H and O–H groups in total. The number of alkyl halides is 3. The van der Waals surface area contributed by atoms with Crippen molar-refractivity contribution in [1.82, 2.24) is 14.9 Å². The molecule has 2 aromatic carbocycles. The maximum atomic E-state index is 17.1. The Morgan fingerprint density at radius 3 is 2.75 bits per heavy atom. The van der Waals surface area contributed by atoms with Crippen LogP contribution in [0.3, 0.4) is 0 Å². The van der Waals surface area contributed by atoms with Gasteiger partial charge in [-0.3, -0.25) is 4.90 Å². The average molecular weight is 707 g/mol. The van der Waals surface area contributed by atoms with E-state index in [9.17, 15) is 27.9 Å². The van der Waals surface area contributed by atoms with Crippen LogP contribution in [0.1, 0.15) is 37.7 Å². The first-order valence-electron chi connectivity index (χ1n) is 15.5. The van der Waals surface area contributed by atoms with E-state index < -0.39 is 48.0 Å². The molecule has 252 valence electrons. The minimum absolute atomic E-state index is 0.0125. The second-order valence-electron chi connectivity index (χ2n) is 13.0. The largest absolute Gasteiger partial charge is 0.489 e. The first kappa shape index (κ1) is 31.6. The molecular formula is C32H28ClF5N6O3S. The van der Waals surface area contributed by atoms with Gasteiger partial charge in [0.25, 0.3) is 6.43 Å². The van der Waals surface area contributed by atoms with Gasteiger partial charge in [-0.05, 0) is 43.9 Å². The molecule has 9 nitrogen and oxygen atoms in total. The number of aliphatic hydroxyl groups is 1. The third kappa shape index (κ3) is 4.74. The summed E-state index contributed by atoms with van der Waals surface area (Å²) in [4.78, 5) is 12.1. The van der Waals surface area contributed by atoms with Gasteiger partial charge in [0.05, 0.1) is 44.4 Å². The first-order valence-corrected chi connectivity index (χ1v) is 16.7. The highest BCUT2D eigenvalue weighted by atomic mass is 35.5. The topological polar surface area (TPSA) is 121 Å². The minimum Gasteiger partial charge on any atom is -0.489 e. The van der Waals surface area contributed by atoms with Crippen molar-refractivity contribution >= 4 is 54.7 Å². The monoisotopic (exact) mass is 706 g/mol. The normalized spacial score (nSPS) is 24.6. The molecule has 1 aliphatic carbocycles. The molecule has 3 atom stereocenters. The van der Waals surface area contributed by atoms with E-state index in [0.29, 0.717) is 25.8 Å². The van der Waals surface area contributed by atoms with Gasteiger partial charge in [0.1, 0.15) is 47.6 Å². The fraction of sp³-hybridized carbons (Fsp3) is 0.469. The van der Waals surface area contributed by atoms with Crippen LogP contribution in [-0.2, 0) is 0 Å². The number of nitrogen functional groups attached to an aromatic ring is 1. The lowest BCUT2D eigenvalue weighted by Gasteiger charge is -2.34. The van der Waals surface area contributed by atoms with Crippen LogP contribution < -0.4 is 20.1 Å². The van der Waals surface area contributed by atoms with Crippen LogP contribution in [0.4, 0.5) is 32.8 Å². The Bertz CT molecular complexity index is 2040. The Kier molecular flexibility index (Phi) is 7.34. The number of benzene rings is 2. The molecule has 5 heterocycles. The average Bonchev–Trinajstić information content (AvgIpc) is 3.41. The molecule has 3 fully saturated rings. The standard InChI is InChI=1S/C32H28ClF5N6O3S/c33-23-21(15-2-3-17(35)27-20(15)16(9-39)28(40)48-27)24(38)25-22-26(23)46-12-18(32(45)5-6-32)44(11-19(36)37)29(22)42-30(41-25)47-13-31-4-1-7-43(31)10-14(34)8-31/h2-3,14,18-19,45H,1,4-8,10-13,40H2/t14-,18-,31+/m1/s1. The maximum Gasteiger partial charge on any atom is 0.319 e. The van der Waals surface area contributed by atoms with Crippen LogP contribution in [0.2, 0.25) is 5.02 Å². The van der Waals surface area contributed by atoms with Gasteiger partial charge in [0.15, 0.2) is 11.6 Å². The number of hydrogen-bond acceptors (Lipinski definition) is 10. The van der Waals surface area contributed by atoms with E-state index in [-0.39, 0.29) is 91.5 Å². The number of halogens is 6. The maximum absolute atomic E-state index is 17.1. The van der Waals surface area contributed by atoms with Crippen LogP contribution in [-0.4, -0.2) is 82.6 Å². The lowest BCUT2D eigenvalue weighted by Crippen LogP contribution is -2.50. The Labute approximate surface area is 279 Å². The van der Waals surface area contributed by atoms with E-state index in [2.05, 4.69) is 9.97 Å². The number of nitriles is 1. The van der Waals surface area contributed by atoms with Crippen molar-refractivity contribution in [1.29, 1.82) is 5.26 Å². The minimum atomic E-state index is -2.88. The number of ether oxygens (including phenoxy) is 2. The second-order valence-corrected chi connectivity index (χ2v) is 14.4. The number of thiophene rings is 1. The van der Waals surface area contributed by atoms with Crippen molar-refractivity contribution in [3.8, 4) is 29.0 Å². The highest BCUT2D eigenvalue weighted by Gasteiger charge is 2.53. The molecule has 0 spiro atoms. The van der Waals surface area contributed by atoms with Crippen LogP contribution >= 0.6 is 22.9 Å². The molecule has 1 saturated carbocycles. The lowest BCUT2D eigenvalue weighted by atomic mass is 9.95. The van der Waals surface area contributed by atoms with Gasteiger partial charge >= 0.3 is 6.01 Å². The molecule has 2 aromatic heterocycles. The third-order valence-corrected chi connectivity index (χ3v) is 11.5. The second kappa shape index (κ2) is 11.2. The van der Waals surface area contributed by atoms with Gasteiger partial charge < -0.3 is 25.2 Å². The number of nitrogens with two attached hydrogens (primary N) is 1. The molecule has 3 aliphatic heterocycles. The van der Waals surface area contributed by atoms with Crippen molar-refractivity contribution in [2.75, 3.05) is 43.5 Å². The van der Waals surface area contributed by atoms with Crippen molar-refractivity contribution in [2.24, 2.45) is 0 Å². The van der Waals surface area contributed by atoms with Crippen molar-refractivity contribution in [3.05, 3.63) is 34.4 Å². The summed E-state index contributed by atoms with van der Waals surface area (Å²) in [5.74, 6) is -2.00. The smallest absolute Gasteiger partial charge is 0.319 e. The predicted molar refractivity (Wildman–Crippen MR) is 170 cm³/mol. The summed E-state index contributed by atoms with van der Waals surface area (Å²) in [6, 6.07) is 2.97. The fourth-order valence-electron chi connectivity index (χ4n) is 7.70. The Balaban J connectivity index is 1.37. The third-order valence-electron chi connectivity index (χ3n) is 10.1. The van der Waals surface area contributed by atoms with Crippen molar-refractivity contribution < 1.29 is 36.5 Å². The summed E-state index contributed by atoms with van der Waals surface area (Å²) < 4.78 is 87.2. The van der Waals surface area contributed by atoms with Crippen LogP contribution in [0, 0.1) is 23.0 Å². The SMILES string of the molecule is N#Cc1c(N)sc2c(F)ccc(-c3c(Cl)c4c5c(nc(OC[C@@]67CCCN6C[C@H](F)C7)nc5c3F)N(CC(F)F)[C@@H](C3(O)CC3)CO4)c12. The lowest BCUT2D eigenvalue weighted by molar-refractivity contribution is 0.0791. The predicted octanol–water partition coefficient (Wildman–Crippen LogP) is 6.21. The molecule has 0 amide bonds. The summed E-state index contributed by atoms with van der Waals surface area (Å²) in [6.07, 6.45) is -1.56. The molecule has 0 radical (unpaired) electrons. The Morgan fingerprint density at radius 2 is 2.02 bits per heavy atom. The van der Waals surface area contributed by atoms with E-state index in [0.717, 1.165) is 23.8 Å². The number of fused-ring (bicyclic) bond motifs is 2. The number of aromatic nitrogens is 2. The first-order chi connectivity index (χ1) is 22.9. The van der Waals surface area contributed by atoms with E-state index in [1.54, 1.807) is 0 Å². The Hall–Kier alpha value is -3.71. The molecule has 2 saturated heterocycles. The number of rotatable bonds is 7. The molecule has 4 aliphatic rings. The van der Waals surface area contributed by atoms with Crippen molar-refractivity contribution in [3.63, 3.8) is 0 Å². The Morgan fingerprint density at radius 1 is 1.23 bits per heavy atom. The summed E-state index contributed by atoms with van der Waals surface area (Å²) in [5, 5.41) is 20.8. The number of anilines is 2. The number of hydrogen-bond donors (Lipinski definition) is 2. The van der Waals surface area contributed by atoms with Gasteiger partial charge in [0, 0.05) is 23.9 Å². The van der Waals surface area contributed by atoms with E-state index in [4.69, 9.17) is 26.8 Å². The van der Waals surface area contributed by atoms with Gasteiger partial charge in [-0.2, -0.15) is 15.2 Å². The molecule has 0 bridgehead atoms. The molecule has 4 aromatic rings. The molecule has 48 heavy (non-hydrogen) atoms. The summed E-state index contributed by atoms with van der Waals surface area (Å²) >= 11 is 7.74. The van der Waals surface area contributed by atoms with Crippen LogP contribution in [0.25, 0.3) is 32.1 Å². The summed E-state index contributed by atoms with van der Waals surface area (Å²) in [7, 11) is 0. The quantitative estimate of drug-likeness (QED) is 0.216. The van der Waals surface area contributed by atoms with Crippen LogP contribution in [0.15, 0.2) is 12.1 Å². The van der Waals surface area contributed by atoms with E-state index >= 15 is 4.39 Å². The van der Waals surface area contributed by atoms with Gasteiger partial charge in [-0.25, -0.2) is 22.0 Å². The highest BCUT2D eigenvalue weighted by Crippen LogP contribution is 2.53. The molecule has 0 unspecified atom stereocenters. The zero-order chi connectivity index (χ0) is 33.7. The number of nitrogens with zero attached hydrogens (tertiary/aromatic N) is 5. The molecule has 8 rings (SSSR count). The van der Waals surface area contributed by atoms with Crippen molar-refractivity contribution in [2.45, 2.75) is 61.9 Å². The fourth-order valence-corrected chi connectivity index (χ4v) is 8.99. The van der Waals surface area contributed by atoms with Crippen LogP contribution in [0.5, 0.6) is 11.8 Å². The zero-order valence-corrected chi connectivity index (χ0v) is 26.8. The highest BCUT2D eigenvalue weighted by molar-refractivity contribution is 7.23. The summed E-state index contributed by atoms with van der Waals surface area (Å²) in [6.45, 7) is -0.251. The zero-order valence-electron chi connectivity index (χ0n) is 25.2. The van der Waals surface area contributed by atoms with Gasteiger partial charge in [-0.1, -0.05) is 17.7 Å². The van der Waals surface area contributed by atoms with Gasteiger partial charge in [0.2, 0.25) is 0 Å². The van der Waals surface area contributed by atoms with E-state index in [1.165, 1.54) is 11.0 Å². The summed E-state index contributed by atoms with van der Waals surface area (Å²) in [5.41, 5.74) is 3.34. The molecular weight excluding hydrogens is 679 g/mol. The van der Waals surface area contributed by atoms with E-state index in [1.807, 2.05) is 11.0 Å². The van der Waals surface area contributed by atoms with Gasteiger partial charge in [-0.15, -0.1) is 11.3 Å². The molecule has 16 heteroatoms.